The number of hydrogen-bond acceptors (Lipinski definition) is 3. The van der Waals surface area contributed by atoms with Gasteiger partial charge < -0.3 is 5.11 Å². The van der Waals surface area contributed by atoms with Gasteiger partial charge in [-0.1, -0.05) is 6.92 Å². The highest BCUT2D eigenvalue weighted by molar-refractivity contribution is 5.74. The van der Waals surface area contributed by atoms with E-state index in [0.29, 0.717) is 0 Å². The molecule has 0 saturated carbocycles. The number of aromatic nitrogens is 2. The lowest BCUT2D eigenvalue weighted by Gasteiger charge is -2.39. The van der Waals surface area contributed by atoms with Crippen molar-refractivity contribution < 1.29 is 9.90 Å². The number of carboxylic acids is 1. The summed E-state index contributed by atoms with van der Waals surface area (Å²) in [6.07, 6.45) is 5.00. The summed E-state index contributed by atoms with van der Waals surface area (Å²) in [6, 6.07) is 2.07. The molecule has 0 amide bonds. The van der Waals surface area contributed by atoms with Crippen molar-refractivity contribution in [2.24, 2.45) is 11.3 Å². The Morgan fingerprint density at radius 2 is 2.29 bits per heavy atom. The van der Waals surface area contributed by atoms with Crippen molar-refractivity contribution >= 4 is 5.97 Å². The summed E-state index contributed by atoms with van der Waals surface area (Å²) in [7, 11) is 0. The molecule has 2 rings (SSSR count). The van der Waals surface area contributed by atoms with Crippen molar-refractivity contribution in [1.82, 2.24) is 14.7 Å². The normalized spacial score (nSPS) is 20.6. The first kappa shape index (κ1) is 16.0. The highest BCUT2D eigenvalue weighted by atomic mass is 16.4. The quantitative estimate of drug-likeness (QED) is 0.876. The van der Waals surface area contributed by atoms with Gasteiger partial charge in [0, 0.05) is 25.8 Å². The summed E-state index contributed by atoms with van der Waals surface area (Å²) in [6.45, 7) is 9.57. The van der Waals surface area contributed by atoms with Crippen LogP contribution in [0.2, 0.25) is 0 Å². The Hall–Kier alpha value is -1.36. The number of piperidine rings is 1. The van der Waals surface area contributed by atoms with Gasteiger partial charge in [0.05, 0.1) is 11.1 Å². The number of nitrogens with zero attached hydrogens (tertiary/aromatic N) is 3. The average molecular weight is 293 g/mol. The maximum atomic E-state index is 11.5. The Labute approximate surface area is 126 Å². The summed E-state index contributed by atoms with van der Waals surface area (Å²) in [5.74, 6) is -0.475. The predicted octanol–water partition coefficient (Wildman–Crippen LogP) is 2.62. The molecule has 1 atom stereocenters. The number of aliphatic carboxylic acids is 1. The van der Waals surface area contributed by atoms with E-state index in [9.17, 15) is 9.90 Å². The summed E-state index contributed by atoms with van der Waals surface area (Å²) in [5, 5.41) is 13.8. The first-order chi connectivity index (χ1) is 9.95. The molecular weight excluding hydrogens is 266 g/mol. The fourth-order valence-corrected chi connectivity index (χ4v) is 3.10. The first-order valence-electron chi connectivity index (χ1n) is 7.91. The fraction of sp³-hybridized carbons (Fsp3) is 0.750. The highest BCUT2D eigenvalue weighted by Gasteiger charge is 2.39. The molecule has 1 aromatic rings. The lowest BCUT2D eigenvalue weighted by atomic mass is 9.74. The molecule has 1 fully saturated rings. The maximum Gasteiger partial charge on any atom is 0.309 e. The first-order valence-corrected chi connectivity index (χ1v) is 7.91. The molecule has 0 aliphatic carbocycles. The molecule has 21 heavy (non-hydrogen) atoms. The predicted molar refractivity (Wildman–Crippen MR) is 81.9 cm³/mol. The third-order valence-corrected chi connectivity index (χ3v) is 4.70. The van der Waals surface area contributed by atoms with Crippen LogP contribution in [-0.4, -0.2) is 38.8 Å². The van der Waals surface area contributed by atoms with Crippen LogP contribution in [-0.2, 0) is 17.9 Å². The SMILES string of the molecule is CCCn1nccc1CN1CCCC(C(C)(C)C(=O)O)C1. The molecule has 0 aromatic carbocycles. The van der Waals surface area contributed by atoms with Crippen LogP contribution in [0, 0.1) is 11.3 Å². The summed E-state index contributed by atoms with van der Waals surface area (Å²) >= 11 is 0. The lowest BCUT2D eigenvalue weighted by molar-refractivity contribution is -0.151. The largest absolute Gasteiger partial charge is 0.481 e. The topological polar surface area (TPSA) is 58.4 Å². The third-order valence-electron chi connectivity index (χ3n) is 4.70. The van der Waals surface area contributed by atoms with E-state index in [2.05, 4.69) is 27.7 Å². The highest BCUT2D eigenvalue weighted by Crippen LogP contribution is 2.34. The van der Waals surface area contributed by atoms with Crippen LogP contribution in [0.25, 0.3) is 0 Å². The van der Waals surface area contributed by atoms with E-state index in [4.69, 9.17) is 0 Å². The van der Waals surface area contributed by atoms with E-state index < -0.39 is 11.4 Å². The molecular formula is C16H27N3O2. The Balaban J connectivity index is 2.01. The fourth-order valence-electron chi connectivity index (χ4n) is 3.10. The van der Waals surface area contributed by atoms with Crippen LogP contribution in [0.5, 0.6) is 0 Å². The van der Waals surface area contributed by atoms with Crippen LogP contribution < -0.4 is 0 Å². The third kappa shape index (κ3) is 3.64. The smallest absolute Gasteiger partial charge is 0.309 e. The molecule has 1 aromatic heterocycles. The van der Waals surface area contributed by atoms with Crippen molar-refractivity contribution in [2.75, 3.05) is 13.1 Å². The second-order valence-electron chi connectivity index (χ2n) is 6.65. The van der Waals surface area contributed by atoms with Gasteiger partial charge in [0.1, 0.15) is 0 Å². The Kier molecular flexibility index (Phi) is 5.04. The van der Waals surface area contributed by atoms with Gasteiger partial charge in [0.15, 0.2) is 0 Å². The average Bonchev–Trinajstić information content (AvgIpc) is 2.87. The molecule has 1 saturated heterocycles. The monoisotopic (exact) mass is 293 g/mol. The number of carboxylic acid groups (broad SMARTS) is 1. The van der Waals surface area contributed by atoms with Crippen LogP contribution in [0.4, 0.5) is 0 Å². The minimum Gasteiger partial charge on any atom is -0.481 e. The van der Waals surface area contributed by atoms with E-state index in [-0.39, 0.29) is 5.92 Å². The second-order valence-corrected chi connectivity index (χ2v) is 6.65. The van der Waals surface area contributed by atoms with Gasteiger partial charge >= 0.3 is 5.97 Å². The molecule has 5 heteroatoms. The molecule has 118 valence electrons. The van der Waals surface area contributed by atoms with Crippen LogP contribution in [0.1, 0.15) is 45.7 Å². The molecule has 2 heterocycles. The molecule has 0 spiro atoms. The molecule has 1 aliphatic heterocycles. The van der Waals surface area contributed by atoms with E-state index >= 15 is 0 Å². The van der Waals surface area contributed by atoms with Crippen molar-refractivity contribution in [2.45, 2.75) is 53.1 Å². The van der Waals surface area contributed by atoms with Crippen LogP contribution in [0.15, 0.2) is 12.3 Å². The van der Waals surface area contributed by atoms with Crippen molar-refractivity contribution in [1.29, 1.82) is 0 Å². The number of carbonyl (C=O) groups is 1. The van der Waals surface area contributed by atoms with Gasteiger partial charge in [-0.25, -0.2) is 0 Å². The van der Waals surface area contributed by atoms with Gasteiger partial charge in [0.2, 0.25) is 0 Å². The molecule has 1 aliphatic rings. The molecule has 1 unspecified atom stereocenters. The van der Waals surface area contributed by atoms with Crippen LogP contribution in [0.3, 0.4) is 0 Å². The zero-order valence-electron chi connectivity index (χ0n) is 13.4. The number of likely N-dealkylation sites (tertiary alicyclic amines) is 1. The molecule has 5 nitrogen and oxygen atoms in total. The zero-order valence-corrected chi connectivity index (χ0v) is 13.4. The van der Waals surface area contributed by atoms with Crippen molar-refractivity contribution in [3.63, 3.8) is 0 Å². The Morgan fingerprint density at radius 3 is 2.95 bits per heavy atom. The summed E-state index contributed by atoms with van der Waals surface area (Å²) in [4.78, 5) is 13.8. The number of aryl methyl sites for hydroxylation is 1. The minimum atomic E-state index is -0.689. The maximum absolute atomic E-state index is 11.5. The zero-order chi connectivity index (χ0) is 15.5. The number of rotatable bonds is 6. The van der Waals surface area contributed by atoms with Crippen LogP contribution >= 0.6 is 0 Å². The van der Waals surface area contributed by atoms with Gasteiger partial charge in [-0.3, -0.25) is 14.4 Å². The standard InChI is InChI=1S/C16H27N3O2/c1-4-9-19-14(7-8-17-19)12-18-10-5-6-13(11-18)16(2,3)15(20)21/h7-8,13H,4-6,9-12H2,1-3H3,(H,20,21). The Morgan fingerprint density at radius 1 is 1.52 bits per heavy atom. The lowest BCUT2D eigenvalue weighted by Crippen LogP contribution is -2.44. The van der Waals surface area contributed by atoms with E-state index in [1.54, 1.807) is 0 Å². The Bertz CT molecular complexity index is 482. The molecule has 0 bridgehead atoms. The van der Waals surface area contributed by atoms with Gasteiger partial charge in [-0.2, -0.15) is 5.10 Å². The summed E-state index contributed by atoms with van der Waals surface area (Å²) in [5.41, 5.74) is 0.577. The van der Waals surface area contributed by atoms with Gasteiger partial charge in [-0.05, 0) is 51.6 Å². The van der Waals surface area contributed by atoms with Crippen molar-refractivity contribution in [3.05, 3.63) is 18.0 Å². The van der Waals surface area contributed by atoms with Gasteiger partial charge in [0.25, 0.3) is 0 Å². The summed E-state index contributed by atoms with van der Waals surface area (Å²) < 4.78 is 2.06. The number of hydrogen-bond donors (Lipinski definition) is 1. The van der Waals surface area contributed by atoms with E-state index in [1.165, 1.54) is 5.69 Å². The van der Waals surface area contributed by atoms with E-state index in [0.717, 1.165) is 45.4 Å². The van der Waals surface area contributed by atoms with E-state index in [1.807, 2.05) is 20.0 Å². The molecule has 0 radical (unpaired) electrons. The van der Waals surface area contributed by atoms with Crippen molar-refractivity contribution in [3.8, 4) is 0 Å². The minimum absolute atomic E-state index is 0.214. The van der Waals surface area contributed by atoms with Gasteiger partial charge in [-0.15, -0.1) is 0 Å². The molecule has 1 N–H and O–H groups in total. The second kappa shape index (κ2) is 6.60.